The third-order valence-corrected chi connectivity index (χ3v) is 8.14. The second kappa shape index (κ2) is 7.67. The Kier molecular flexibility index (Phi) is 5.02. The highest BCUT2D eigenvalue weighted by molar-refractivity contribution is 7.15. The lowest BCUT2D eigenvalue weighted by atomic mass is 9.57. The number of nitrogens with zero attached hydrogens (tertiary/aromatic N) is 4. The molecule has 2 aromatic heterocycles. The van der Waals surface area contributed by atoms with Gasteiger partial charge in [-0.25, -0.2) is 19.3 Å². The van der Waals surface area contributed by atoms with Crippen LogP contribution < -0.4 is 0 Å². The van der Waals surface area contributed by atoms with E-state index in [1.165, 1.54) is 17.4 Å². The third-order valence-electron chi connectivity index (χ3n) is 7.08. The molecule has 0 saturated carbocycles. The quantitative estimate of drug-likeness (QED) is 0.506. The van der Waals surface area contributed by atoms with Gasteiger partial charge in [0.2, 0.25) is 0 Å². The van der Waals surface area contributed by atoms with Crippen LogP contribution in [0.4, 0.5) is 4.39 Å². The van der Waals surface area contributed by atoms with E-state index in [4.69, 9.17) is 9.97 Å². The van der Waals surface area contributed by atoms with Gasteiger partial charge in [0, 0.05) is 22.5 Å². The number of aromatic nitrogens is 3. The van der Waals surface area contributed by atoms with Crippen LogP contribution in [0.15, 0.2) is 35.9 Å². The van der Waals surface area contributed by atoms with E-state index in [9.17, 15) is 14.4 Å². The molecule has 3 aromatic rings. The van der Waals surface area contributed by atoms with E-state index in [2.05, 4.69) is 11.1 Å². The molecule has 0 unspecified atom stereocenters. The maximum absolute atomic E-state index is 15.0. The van der Waals surface area contributed by atoms with Crippen molar-refractivity contribution in [3.63, 3.8) is 0 Å². The van der Waals surface area contributed by atoms with E-state index in [1.54, 1.807) is 24.3 Å². The molecule has 0 fully saturated rings. The Morgan fingerprint density at radius 3 is 2.64 bits per heavy atom. The topological polar surface area (TPSA) is 79.5 Å². The minimum absolute atomic E-state index is 0.00936. The summed E-state index contributed by atoms with van der Waals surface area (Å²) in [5, 5.41) is 10.6. The zero-order chi connectivity index (χ0) is 23.5. The number of hydrogen-bond acceptors (Lipinski definition) is 6. The molecule has 0 bridgehead atoms. The van der Waals surface area contributed by atoms with Gasteiger partial charge in [0.1, 0.15) is 11.9 Å². The first-order valence-corrected chi connectivity index (χ1v) is 11.8. The average Bonchev–Trinajstić information content (AvgIpc) is 3.14. The van der Waals surface area contributed by atoms with E-state index >= 15 is 0 Å². The number of carbonyl (C=O) groups excluding carboxylic acids is 1. The van der Waals surface area contributed by atoms with Gasteiger partial charge in [-0.1, -0.05) is 32.1 Å². The highest BCUT2D eigenvalue weighted by atomic mass is 32.1. The van der Waals surface area contributed by atoms with E-state index < -0.39 is 5.41 Å². The van der Waals surface area contributed by atoms with Gasteiger partial charge < -0.3 is 0 Å². The van der Waals surface area contributed by atoms with E-state index in [0.29, 0.717) is 23.5 Å². The van der Waals surface area contributed by atoms with Crippen molar-refractivity contribution in [2.75, 3.05) is 0 Å². The van der Waals surface area contributed by atoms with Crippen molar-refractivity contribution < 1.29 is 9.18 Å². The van der Waals surface area contributed by atoms with Crippen LogP contribution in [0.5, 0.6) is 0 Å². The molecule has 2 heterocycles. The fourth-order valence-corrected chi connectivity index (χ4v) is 6.34. The molecule has 5 rings (SSSR count). The molecule has 0 radical (unpaired) electrons. The van der Waals surface area contributed by atoms with Crippen molar-refractivity contribution in [3.8, 4) is 28.0 Å². The van der Waals surface area contributed by atoms with Crippen LogP contribution in [-0.4, -0.2) is 20.7 Å². The number of hydrogen-bond donors (Lipinski definition) is 0. The zero-order valence-corrected chi connectivity index (χ0v) is 19.8. The van der Waals surface area contributed by atoms with Crippen molar-refractivity contribution in [2.45, 2.75) is 46.0 Å². The van der Waals surface area contributed by atoms with Gasteiger partial charge in [0.15, 0.2) is 11.6 Å². The maximum atomic E-state index is 15.0. The van der Waals surface area contributed by atoms with Gasteiger partial charge in [-0.05, 0) is 44.7 Å². The Balaban J connectivity index is 1.85. The molecule has 33 heavy (non-hydrogen) atoms. The molecule has 1 aromatic carbocycles. The summed E-state index contributed by atoms with van der Waals surface area (Å²) in [6.45, 7) is 7.80. The van der Waals surface area contributed by atoms with Gasteiger partial charge in [-0.15, -0.1) is 11.3 Å². The molecule has 166 valence electrons. The fourth-order valence-electron chi connectivity index (χ4n) is 5.49. The first-order chi connectivity index (χ1) is 15.7. The summed E-state index contributed by atoms with van der Waals surface area (Å²) in [7, 11) is 0. The van der Waals surface area contributed by atoms with Crippen LogP contribution in [0.25, 0.3) is 22.0 Å². The van der Waals surface area contributed by atoms with Gasteiger partial charge in [-0.3, -0.25) is 4.79 Å². The van der Waals surface area contributed by atoms with E-state index in [1.807, 2.05) is 27.7 Å². The van der Waals surface area contributed by atoms with Gasteiger partial charge in [0.05, 0.1) is 32.5 Å². The smallest absolute Gasteiger partial charge is 0.176 e. The Morgan fingerprint density at radius 2 is 1.97 bits per heavy atom. The monoisotopic (exact) mass is 458 g/mol. The van der Waals surface area contributed by atoms with E-state index in [-0.39, 0.29) is 29.0 Å². The van der Waals surface area contributed by atoms with E-state index in [0.717, 1.165) is 33.3 Å². The van der Waals surface area contributed by atoms with Crippen molar-refractivity contribution >= 4 is 17.1 Å². The molecular weight excluding hydrogens is 435 g/mol. The van der Waals surface area contributed by atoms with Gasteiger partial charge in [-0.2, -0.15) is 5.26 Å². The Morgan fingerprint density at radius 1 is 1.21 bits per heavy atom. The highest BCUT2D eigenvalue weighted by Gasteiger charge is 2.49. The molecule has 0 spiro atoms. The number of aryl methyl sites for hydroxylation is 2. The minimum Gasteiger partial charge on any atom is -0.293 e. The predicted molar refractivity (Wildman–Crippen MR) is 125 cm³/mol. The second-order valence-corrected chi connectivity index (χ2v) is 10.3. The Bertz CT molecular complexity index is 1390. The SMILES string of the molecule is Cc1nc(C)c(-c2nc(-c3ccccc3F)c3c(n2)[C@]2(C)C=C(C#N)C(=O)[C@H](C)[C@H]2CC3)s1. The van der Waals surface area contributed by atoms with Crippen LogP contribution in [0, 0.1) is 42.8 Å². The average molecular weight is 459 g/mol. The molecule has 0 N–H and O–H groups in total. The van der Waals surface area contributed by atoms with Crippen LogP contribution in [0.1, 0.15) is 42.2 Å². The van der Waals surface area contributed by atoms with Crippen LogP contribution in [0.2, 0.25) is 0 Å². The first kappa shape index (κ1) is 21.6. The zero-order valence-electron chi connectivity index (χ0n) is 18.9. The van der Waals surface area contributed by atoms with Crippen LogP contribution >= 0.6 is 11.3 Å². The number of Topliss-reactive ketones (excluding diaryl/α,β-unsaturated/α-hetero) is 1. The summed E-state index contributed by atoms with van der Waals surface area (Å²) in [6, 6.07) is 8.73. The highest BCUT2D eigenvalue weighted by Crippen LogP contribution is 2.51. The minimum atomic E-state index is -0.628. The number of ketones is 1. The maximum Gasteiger partial charge on any atom is 0.176 e. The Hall–Kier alpha value is -3.24. The molecule has 3 atom stereocenters. The second-order valence-electron chi connectivity index (χ2n) is 9.10. The number of fused-ring (bicyclic) bond motifs is 3. The molecule has 2 aliphatic carbocycles. The largest absolute Gasteiger partial charge is 0.293 e. The molecule has 7 heteroatoms. The van der Waals surface area contributed by atoms with Gasteiger partial charge in [0.25, 0.3) is 0 Å². The normalized spacial score (nSPS) is 24.0. The fraction of sp³-hybridized carbons (Fsp3) is 0.346. The molecule has 0 aliphatic heterocycles. The number of thiazole rings is 1. The molecular formula is C26H23FN4OS. The summed E-state index contributed by atoms with van der Waals surface area (Å²) >= 11 is 1.51. The first-order valence-electron chi connectivity index (χ1n) is 11.0. The molecule has 0 saturated heterocycles. The van der Waals surface area contributed by atoms with Crippen molar-refractivity contribution in [2.24, 2.45) is 11.8 Å². The third kappa shape index (κ3) is 3.24. The summed E-state index contributed by atoms with van der Waals surface area (Å²) in [6.07, 6.45) is 3.17. The lowest BCUT2D eigenvalue weighted by Gasteiger charge is -2.45. The summed E-state index contributed by atoms with van der Waals surface area (Å²) in [4.78, 5) is 28.0. The summed E-state index contributed by atoms with van der Waals surface area (Å²) < 4.78 is 15.0. The number of rotatable bonds is 2. The van der Waals surface area contributed by atoms with Crippen molar-refractivity contribution in [3.05, 3.63) is 63.7 Å². The van der Waals surface area contributed by atoms with Crippen LogP contribution in [0.3, 0.4) is 0 Å². The molecule has 0 amide bonds. The molecule has 5 nitrogen and oxygen atoms in total. The number of carbonyl (C=O) groups is 1. The predicted octanol–water partition coefficient (Wildman–Crippen LogP) is 5.51. The lowest BCUT2D eigenvalue weighted by molar-refractivity contribution is -0.121. The number of nitriles is 1. The number of allylic oxidation sites excluding steroid dienone is 2. The van der Waals surface area contributed by atoms with Crippen molar-refractivity contribution in [1.29, 1.82) is 5.26 Å². The van der Waals surface area contributed by atoms with Crippen molar-refractivity contribution in [1.82, 2.24) is 15.0 Å². The summed E-state index contributed by atoms with van der Waals surface area (Å²) in [5.41, 5.74) is 3.05. The van der Waals surface area contributed by atoms with Crippen LogP contribution in [-0.2, 0) is 16.6 Å². The standard InChI is InChI=1S/C26H23FN4OS/c1-13-19-10-9-18-21(17-7-5-6-8-20(17)27)30-25(23-14(2)29-15(3)33-23)31-24(18)26(19,4)11-16(12-28)22(13)32/h5-8,11,13,19H,9-10H2,1-4H3/t13-,19-,26-/m1/s1. The van der Waals surface area contributed by atoms with Gasteiger partial charge >= 0.3 is 0 Å². The Labute approximate surface area is 196 Å². The lowest BCUT2D eigenvalue weighted by Crippen LogP contribution is -2.46. The number of benzene rings is 1. The summed E-state index contributed by atoms with van der Waals surface area (Å²) in [5.74, 6) is -0.218. The number of halogens is 1. The molecule has 2 aliphatic rings.